The molecular formula is C28H42N2O5S. The highest BCUT2D eigenvalue weighted by atomic mass is 32.2. The third-order valence-corrected chi connectivity index (χ3v) is 9.92. The van der Waals surface area contributed by atoms with Crippen molar-refractivity contribution in [2.75, 3.05) is 26.3 Å². The Balaban J connectivity index is 1.71. The van der Waals surface area contributed by atoms with E-state index in [0.29, 0.717) is 19.7 Å². The van der Waals surface area contributed by atoms with Crippen LogP contribution in [0.2, 0.25) is 0 Å². The van der Waals surface area contributed by atoms with Crippen molar-refractivity contribution < 1.29 is 24.2 Å². The molecule has 7 nitrogen and oxygen atoms in total. The third-order valence-electron chi connectivity index (χ3n) is 8.18. The van der Waals surface area contributed by atoms with E-state index in [2.05, 4.69) is 38.2 Å². The number of hydrogen-bond acceptors (Lipinski definition) is 6. The Kier molecular flexibility index (Phi) is 9.20. The topological polar surface area (TPSA) is 87.2 Å². The van der Waals surface area contributed by atoms with Crippen molar-refractivity contribution in [3.05, 3.63) is 24.3 Å². The van der Waals surface area contributed by atoms with Crippen LogP contribution in [-0.2, 0) is 19.1 Å². The van der Waals surface area contributed by atoms with Crippen LogP contribution in [0.4, 0.5) is 0 Å². The molecule has 36 heavy (non-hydrogen) atoms. The Morgan fingerprint density at radius 3 is 2.72 bits per heavy atom. The van der Waals surface area contributed by atoms with E-state index in [1.54, 1.807) is 16.7 Å². The standard InChI is InChI=1S/C28H42N2O5S/c1-3-13-20(2)29-17-12-15-28-23(22-21(36-28)14-8-4-7-11-19-35-27(22)34)25(32)30(24(28)26(29)33)16-9-5-6-10-18-31/h8,12,14-15,20-24,31H,3-7,9-11,13,16-19H2,1-2H3/b14-8-/t20?,21-,22+,23+,24?,28+/m1/s1. The quantitative estimate of drug-likeness (QED) is 0.285. The van der Waals surface area contributed by atoms with Crippen molar-refractivity contribution in [2.45, 2.75) is 93.7 Å². The summed E-state index contributed by atoms with van der Waals surface area (Å²) in [6, 6.07) is -0.533. The van der Waals surface area contributed by atoms with Crippen molar-refractivity contribution in [1.82, 2.24) is 9.80 Å². The number of aliphatic hydroxyl groups excluding tert-OH is 1. The van der Waals surface area contributed by atoms with E-state index in [-0.39, 0.29) is 35.7 Å². The van der Waals surface area contributed by atoms with Crippen LogP contribution in [0.5, 0.6) is 0 Å². The fourth-order valence-corrected chi connectivity index (χ4v) is 8.39. The first-order valence-corrected chi connectivity index (χ1v) is 14.7. The largest absolute Gasteiger partial charge is 0.465 e. The van der Waals surface area contributed by atoms with Gasteiger partial charge >= 0.3 is 5.97 Å². The van der Waals surface area contributed by atoms with Crippen LogP contribution in [0.3, 0.4) is 0 Å². The van der Waals surface area contributed by atoms with Gasteiger partial charge in [-0.3, -0.25) is 14.4 Å². The number of thioether (sulfide) groups is 1. The highest BCUT2D eigenvalue weighted by Gasteiger charge is 2.70. The molecule has 2 fully saturated rings. The number of allylic oxidation sites excluding steroid dienone is 1. The number of esters is 1. The lowest BCUT2D eigenvalue weighted by atomic mass is 9.78. The summed E-state index contributed by atoms with van der Waals surface area (Å²) in [5, 5.41) is 8.93. The maximum Gasteiger partial charge on any atom is 0.311 e. The van der Waals surface area contributed by atoms with Gasteiger partial charge in [-0.1, -0.05) is 50.5 Å². The summed E-state index contributed by atoms with van der Waals surface area (Å²) < 4.78 is 4.90. The summed E-state index contributed by atoms with van der Waals surface area (Å²) in [4.78, 5) is 45.4. The second-order valence-electron chi connectivity index (χ2n) is 10.6. The molecule has 0 aromatic rings. The zero-order valence-electron chi connectivity index (χ0n) is 21.8. The van der Waals surface area contributed by atoms with Gasteiger partial charge in [0.25, 0.3) is 0 Å². The number of amides is 2. The lowest BCUT2D eigenvalue weighted by Gasteiger charge is -2.37. The molecule has 6 atom stereocenters. The first-order valence-electron chi connectivity index (χ1n) is 13.9. The number of fused-ring (bicyclic) bond motifs is 2. The molecule has 2 amide bonds. The molecule has 0 aromatic heterocycles. The molecule has 0 radical (unpaired) electrons. The fourth-order valence-electron chi connectivity index (χ4n) is 6.39. The summed E-state index contributed by atoms with van der Waals surface area (Å²) in [6.07, 6.45) is 16.2. The van der Waals surface area contributed by atoms with Gasteiger partial charge in [-0.15, -0.1) is 11.8 Å². The highest BCUT2D eigenvalue weighted by molar-refractivity contribution is 8.02. The van der Waals surface area contributed by atoms with Crippen LogP contribution in [0.15, 0.2) is 24.3 Å². The Labute approximate surface area is 219 Å². The lowest BCUT2D eigenvalue weighted by molar-refractivity contribution is -0.153. The average molecular weight is 519 g/mol. The van der Waals surface area contributed by atoms with Crippen LogP contribution < -0.4 is 0 Å². The lowest BCUT2D eigenvalue weighted by Crippen LogP contribution is -2.55. The van der Waals surface area contributed by atoms with Crippen molar-refractivity contribution in [3.8, 4) is 0 Å². The molecule has 1 spiro atoms. The van der Waals surface area contributed by atoms with Gasteiger partial charge in [0, 0.05) is 31.0 Å². The molecule has 1 N–H and O–H groups in total. The summed E-state index contributed by atoms with van der Waals surface area (Å²) in [7, 11) is 0. The molecule has 4 heterocycles. The predicted molar refractivity (Wildman–Crippen MR) is 141 cm³/mol. The number of rotatable bonds is 9. The van der Waals surface area contributed by atoms with Crippen LogP contribution in [-0.4, -0.2) is 81.1 Å². The summed E-state index contributed by atoms with van der Waals surface area (Å²) in [5.74, 6) is -1.59. The summed E-state index contributed by atoms with van der Waals surface area (Å²) in [5.41, 5.74) is 0. The minimum absolute atomic E-state index is 0.000668. The number of likely N-dealkylation sites (tertiary alicyclic amines) is 1. The van der Waals surface area contributed by atoms with E-state index in [1.165, 1.54) is 0 Å². The molecule has 4 aliphatic rings. The number of carbonyl (C=O) groups excluding carboxylic acids is 3. The van der Waals surface area contributed by atoms with Crippen LogP contribution >= 0.6 is 11.8 Å². The maximum atomic E-state index is 14.2. The Bertz CT molecular complexity index is 876. The predicted octanol–water partition coefficient (Wildman–Crippen LogP) is 3.71. The molecule has 0 bridgehead atoms. The van der Waals surface area contributed by atoms with Crippen LogP contribution in [0.25, 0.3) is 0 Å². The number of carbonyl (C=O) groups is 3. The molecular weight excluding hydrogens is 476 g/mol. The minimum atomic E-state index is -0.771. The molecule has 0 saturated carbocycles. The van der Waals surface area contributed by atoms with Gasteiger partial charge < -0.3 is 19.6 Å². The Morgan fingerprint density at radius 2 is 1.94 bits per heavy atom. The van der Waals surface area contributed by atoms with Gasteiger partial charge in [-0.05, 0) is 45.4 Å². The second-order valence-corrected chi connectivity index (χ2v) is 12.1. The van der Waals surface area contributed by atoms with Crippen molar-refractivity contribution in [2.24, 2.45) is 11.8 Å². The molecule has 4 rings (SSSR count). The number of hydrogen-bond donors (Lipinski definition) is 1. The molecule has 0 aliphatic carbocycles. The van der Waals surface area contributed by atoms with E-state index < -0.39 is 22.6 Å². The van der Waals surface area contributed by atoms with Crippen LogP contribution in [0, 0.1) is 11.8 Å². The number of aliphatic hydroxyl groups is 1. The molecule has 4 aliphatic heterocycles. The van der Waals surface area contributed by atoms with Crippen LogP contribution in [0.1, 0.15) is 71.6 Å². The van der Waals surface area contributed by atoms with E-state index in [1.807, 2.05) is 4.90 Å². The number of unbranched alkanes of at least 4 members (excludes halogenated alkanes) is 3. The van der Waals surface area contributed by atoms with Gasteiger partial charge in [0.15, 0.2) is 0 Å². The number of nitrogens with zero attached hydrogens (tertiary/aromatic N) is 2. The maximum absolute atomic E-state index is 14.2. The second kappa shape index (κ2) is 12.2. The summed E-state index contributed by atoms with van der Waals surface area (Å²) in [6.45, 7) is 5.77. The number of ether oxygens (including phenoxy) is 1. The molecule has 0 aromatic carbocycles. The Morgan fingerprint density at radius 1 is 1.14 bits per heavy atom. The zero-order valence-corrected chi connectivity index (χ0v) is 22.6. The van der Waals surface area contributed by atoms with E-state index >= 15 is 0 Å². The Hall–Kier alpha value is -1.80. The summed E-state index contributed by atoms with van der Waals surface area (Å²) >= 11 is 1.62. The zero-order chi connectivity index (χ0) is 25.7. The SMILES string of the molecule is CCCC(C)N1CC=C[C@]23S[C@@H]4/C=C\CCCCOC(=O)[C@@H]4[C@H]2C(=O)N(CCCCCCO)C3C1=O. The fraction of sp³-hybridized carbons (Fsp3) is 0.750. The molecule has 8 heteroatoms. The molecule has 2 unspecified atom stereocenters. The van der Waals surface area contributed by atoms with E-state index in [0.717, 1.165) is 57.8 Å². The number of cyclic esters (lactones) is 1. The van der Waals surface area contributed by atoms with Crippen molar-refractivity contribution in [3.63, 3.8) is 0 Å². The van der Waals surface area contributed by atoms with Gasteiger partial charge in [0.1, 0.15) is 6.04 Å². The van der Waals surface area contributed by atoms with E-state index in [4.69, 9.17) is 9.84 Å². The van der Waals surface area contributed by atoms with Crippen molar-refractivity contribution in [1.29, 1.82) is 0 Å². The molecule has 2 saturated heterocycles. The van der Waals surface area contributed by atoms with E-state index in [9.17, 15) is 14.4 Å². The third kappa shape index (κ3) is 5.13. The van der Waals surface area contributed by atoms with Gasteiger partial charge in [0.05, 0.1) is 23.2 Å². The highest BCUT2D eigenvalue weighted by Crippen LogP contribution is 2.60. The first-order chi connectivity index (χ1) is 17.5. The minimum Gasteiger partial charge on any atom is -0.465 e. The first kappa shape index (κ1) is 27.2. The van der Waals surface area contributed by atoms with Gasteiger partial charge in [-0.25, -0.2) is 0 Å². The normalized spacial score (nSPS) is 34.0. The smallest absolute Gasteiger partial charge is 0.311 e. The average Bonchev–Trinajstić information content (AvgIpc) is 3.24. The van der Waals surface area contributed by atoms with Crippen molar-refractivity contribution >= 4 is 29.5 Å². The molecule has 200 valence electrons. The van der Waals surface area contributed by atoms with Gasteiger partial charge in [-0.2, -0.15) is 0 Å². The monoisotopic (exact) mass is 518 g/mol. The van der Waals surface area contributed by atoms with Gasteiger partial charge in [0.2, 0.25) is 11.8 Å².